The van der Waals surface area contributed by atoms with Gasteiger partial charge in [0.15, 0.2) is 0 Å². The Morgan fingerprint density at radius 3 is 2.76 bits per heavy atom. The van der Waals surface area contributed by atoms with Crippen molar-refractivity contribution in [3.05, 3.63) is 54.2 Å². The van der Waals surface area contributed by atoms with E-state index in [1.165, 1.54) is 5.57 Å². The number of hydrogen-bond acceptors (Lipinski definition) is 2. The highest BCUT2D eigenvalue weighted by molar-refractivity contribution is 5.76. The summed E-state index contributed by atoms with van der Waals surface area (Å²) in [5.74, 6) is 0.999. The van der Waals surface area contributed by atoms with Gasteiger partial charge in [0.25, 0.3) is 0 Å². The van der Waals surface area contributed by atoms with Crippen LogP contribution in [0.2, 0.25) is 0 Å². The van der Waals surface area contributed by atoms with Crippen molar-refractivity contribution >= 4 is 18.1 Å². The molecule has 0 saturated carbocycles. The van der Waals surface area contributed by atoms with Gasteiger partial charge in [0, 0.05) is 25.9 Å². The zero-order valence-corrected chi connectivity index (χ0v) is 15.3. The number of aryl methyl sites for hydroxylation is 1. The summed E-state index contributed by atoms with van der Waals surface area (Å²) in [6.45, 7) is 11.1. The highest BCUT2D eigenvalue weighted by Crippen LogP contribution is 2.15. The number of imidazole rings is 1. The van der Waals surface area contributed by atoms with Gasteiger partial charge in [-0.15, -0.1) is 0 Å². The molecule has 4 heteroatoms. The zero-order chi connectivity index (χ0) is 18.1. The van der Waals surface area contributed by atoms with E-state index < -0.39 is 0 Å². The second kappa shape index (κ2) is 9.82. The summed E-state index contributed by atoms with van der Waals surface area (Å²) in [4.78, 5) is 22.1. The van der Waals surface area contributed by atoms with Crippen LogP contribution in [0.4, 0.5) is 0 Å². The van der Waals surface area contributed by atoms with E-state index >= 15 is 0 Å². The fraction of sp³-hybridized carbons (Fsp3) is 0.429. The van der Waals surface area contributed by atoms with Crippen molar-refractivity contribution < 1.29 is 4.79 Å². The van der Waals surface area contributed by atoms with Crippen LogP contribution in [0, 0.1) is 0 Å². The summed E-state index contributed by atoms with van der Waals surface area (Å²) in [6.07, 6.45) is 15.6. The van der Waals surface area contributed by atoms with Gasteiger partial charge in [-0.1, -0.05) is 37.0 Å². The second-order valence-corrected chi connectivity index (χ2v) is 6.23. The molecule has 0 fully saturated rings. The van der Waals surface area contributed by atoms with Crippen LogP contribution in [-0.2, 0) is 11.2 Å². The fourth-order valence-electron chi connectivity index (χ4n) is 3.05. The minimum absolute atomic E-state index is 0.187. The number of aromatic nitrogens is 2. The van der Waals surface area contributed by atoms with Gasteiger partial charge in [-0.05, 0) is 44.8 Å². The highest BCUT2D eigenvalue weighted by Gasteiger charge is 2.13. The molecule has 0 spiro atoms. The summed E-state index contributed by atoms with van der Waals surface area (Å²) in [5, 5.41) is 0. The van der Waals surface area contributed by atoms with Crippen LogP contribution in [0.3, 0.4) is 0 Å². The van der Waals surface area contributed by atoms with Crippen LogP contribution >= 0.6 is 0 Å². The average Bonchev–Trinajstić information content (AvgIpc) is 3.06. The van der Waals surface area contributed by atoms with Gasteiger partial charge < -0.3 is 9.88 Å². The Bertz CT molecular complexity index is 641. The highest BCUT2D eigenvalue weighted by atomic mass is 16.2. The lowest BCUT2D eigenvalue weighted by molar-refractivity contribution is -0.131. The number of allylic oxidation sites excluding steroid dienone is 4. The summed E-state index contributed by atoms with van der Waals surface area (Å²) < 4.78 is 0. The number of aromatic amines is 1. The fourth-order valence-corrected chi connectivity index (χ4v) is 3.05. The predicted molar refractivity (Wildman–Crippen MR) is 105 cm³/mol. The molecule has 0 aliphatic heterocycles. The number of carbonyl (C=O) groups is 1. The van der Waals surface area contributed by atoms with Crippen molar-refractivity contribution in [1.29, 1.82) is 0 Å². The van der Waals surface area contributed by atoms with Gasteiger partial charge in [-0.25, -0.2) is 4.98 Å². The summed E-state index contributed by atoms with van der Waals surface area (Å²) >= 11 is 0. The molecule has 0 bridgehead atoms. The summed E-state index contributed by atoms with van der Waals surface area (Å²) in [5.41, 5.74) is 3.05. The third kappa shape index (κ3) is 5.59. The lowest BCUT2D eigenvalue weighted by Crippen LogP contribution is -2.32. The zero-order valence-electron chi connectivity index (χ0n) is 15.3. The molecule has 0 saturated heterocycles. The molecule has 1 N–H and O–H groups in total. The van der Waals surface area contributed by atoms with Gasteiger partial charge in [0.2, 0.25) is 5.91 Å². The smallest absolute Gasteiger partial charge is 0.223 e. The molecule has 1 aliphatic carbocycles. The number of amides is 1. The molecule has 1 aromatic heterocycles. The standard InChI is InChI=1S/C21H29N3O/c1-4-18-19(5-2)23-20(22-18)14-15-21(25)24(6-3)16-10-13-17-11-8-7-9-12-17/h4-5,8,11-12H,1-2,6-7,9-10,13-16H2,3H3,(H,22,23). The van der Waals surface area contributed by atoms with Crippen molar-refractivity contribution in [3.8, 4) is 0 Å². The molecular weight excluding hydrogens is 310 g/mol. The monoisotopic (exact) mass is 339 g/mol. The first-order chi connectivity index (χ1) is 12.2. The number of H-pyrrole nitrogens is 1. The number of nitrogens with zero attached hydrogens (tertiary/aromatic N) is 2. The van der Waals surface area contributed by atoms with Gasteiger partial charge in [-0.3, -0.25) is 4.79 Å². The summed E-state index contributed by atoms with van der Waals surface area (Å²) in [7, 11) is 0. The predicted octanol–water partition coefficient (Wildman–Crippen LogP) is 4.53. The summed E-state index contributed by atoms with van der Waals surface area (Å²) in [6, 6.07) is 0. The van der Waals surface area contributed by atoms with Crippen LogP contribution < -0.4 is 0 Å². The van der Waals surface area contributed by atoms with Crippen molar-refractivity contribution in [3.63, 3.8) is 0 Å². The molecule has 0 aromatic carbocycles. The average molecular weight is 339 g/mol. The topological polar surface area (TPSA) is 49.0 Å². The Hall–Kier alpha value is -2.36. The minimum atomic E-state index is 0.187. The Balaban J connectivity index is 1.79. The van der Waals surface area contributed by atoms with E-state index in [0.29, 0.717) is 12.8 Å². The Morgan fingerprint density at radius 1 is 1.32 bits per heavy atom. The quantitative estimate of drug-likeness (QED) is 0.680. The number of hydrogen-bond donors (Lipinski definition) is 1. The van der Waals surface area contributed by atoms with E-state index in [2.05, 4.69) is 41.4 Å². The van der Waals surface area contributed by atoms with Crippen molar-refractivity contribution in [1.82, 2.24) is 14.9 Å². The second-order valence-electron chi connectivity index (χ2n) is 6.23. The molecule has 1 aromatic rings. The molecular formula is C21H29N3O. The normalized spacial score (nSPS) is 13.4. The molecule has 0 unspecified atom stereocenters. The van der Waals surface area contributed by atoms with E-state index in [9.17, 15) is 4.79 Å². The van der Waals surface area contributed by atoms with Crippen molar-refractivity contribution in [2.75, 3.05) is 13.1 Å². The number of nitrogens with one attached hydrogen (secondary N) is 1. The van der Waals surface area contributed by atoms with E-state index in [1.54, 1.807) is 12.2 Å². The first-order valence-corrected chi connectivity index (χ1v) is 9.15. The first kappa shape index (κ1) is 19.0. The van der Waals surface area contributed by atoms with Crippen LogP contribution in [-0.4, -0.2) is 33.9 Å². The Kier molecular flexibility index (Phi) is 7.45. The van der Waals surface area contributed by atoms with E-state index in [1.807, 2.05) is 11.8 Å². The lowest BCUT2D eigenvalue weighted by atomic mass is 10.0. The SMILES string of the molecule is C=Cc1nc(CCC(=O)N(CC)CCCC2=CCCC=C2)[nH]c1C=C. The molecule has 134 valence electrons. The van der Waals surface area contributed by atoms with Crippen molar-refractivity contribution in [2.45, 2.75) is 45.4 Å². The largest absolute Gasteiger partial charge is 0.343 e. The van der Waals surface area contributed by atoms with Gasteiger partial charge in [0.05, 0.1) is 11.4 Å². The lowest BCUT2D eigenvalue weighted by Gasteiger charge is -2.21. The van der Waals surface area contributed by atoms with Crippen LogP contribution in [0.5, 0.6) is 0 Å². The first-order valence-electron chi connectivity index (χ1n) is 9.15. The maximum atomic E-state index is 12.5. The van der Waals surface area contributed by atoms with Crippen LogP contribution in [0.1, 0.15) is 56.2 Å². The molecule has 1 aliphatic rings. The van der Waals surface area contributed by atoms with Crippen molar-refractivity contribution in [2.24, 2.45) is 0 Å². The molecule has 4 nitrogen and oxygen atoms in total. The molecule has 1 heterocycles. The molecule has 0 radical (unpaired) electrons. The van der Waals surface area contributed by atoms with Gasteiger partial charge >= 0.3 is 0 Å². The Labute approximate surface area is 151 Å². The van der Waals surface area contributed by atoms with Crippen LogP contribution in [0.25, 0.3) is 12.2 Å². The van der Waals surface area contributed by atoms with Crippen LogP contribution in [0.15, 0.2) is 37.0 Å². The van der Waals surface area contributed by atoms with Gasteiger partial charge in [-0.2, -0.15) is 0 Å². The molecule has 2 rings (SSSR count). The molecule has 0 atom stereocenters. The number of rotatable bonds is 10. The minimum Gasteiger partial charge on any atom is -0.343 e. The third-order valence-electron chi connectivity index (χ3n) is 4.48. The van der Waals surface area contributed by atoms with E-state index in [0.717, 1.165) is 56.0 Å². The maximum Gasteiger partial charge on any atom is 0.223 e. The van der Waals surface area contributed by atoms with E-state index in [4.69, 9.17) is 0 Å². The Morgan fingerprint density at radius 2 is 2.16 bits per heavy atom. The number of carbonyl (C=O) groups excluding carboxylic acids is 1. The van der Waals surface area contributed by atoms with Gasteiger partial charge in [0.1, 0.15) is 5.82 Å². The molecule has 1 amide bonds. The molecule has 25 heavy (non-hydrogen) atoms. The maximum absolute atomic E-state index is 12.5. The third-order valence-corrected chi connectivity index (χ3v) is 4.48. The van der Waals surface area contributed by atoms with E-state index in [-0.39, 0.29) is 5.91 Å².